The van der Waals surface area contributed by atoms with E-state index in [2.05, 4.69) is 21.6 Å². The quantitative estimate of drug-likeness (QED) is 0.488. The summed E-state index contributed by atoms with van der Waals surface area (Å²) in [6.45, 7) is 4.96. The van der Waals surface area contributed by atoms with Crippen LogP contribution < -0.4 is 15.4 Å². The maximum atomic E-state index is 11.8. The highest BCUT2D eigenvalue weighted by Crippen LogP contribution is 2.31. The standard InChI is InChI=1S/C23H29N3O3S/c1-3-29-22(27)17-10-12-18(13-11-17)25-23(30)24-16-20(26-14-6-7-15-26)19-8-4-5-9-21(19)28-2/h4-5,8-13,20H,3,6-7,14-16H2,1-2H3,(H2,24,25,30). The molecule has 1 aliphatic heterocycles. The van der Waals surface area contributed by atoms with Gasteiger partial charge in [-0.15, -0.1) is 0 Å². The lowest BCUT2D eigenvalue weighted by molar-refractivity contribution is 0.0526. The molecule has 160 valence electrons. The molecule has 2 aromatic rings. The summed E-state index contributed by atoms with van der Waals surface area (Å²) in [5, 5.41) is 7.07. The molecule has 0 spiro atoms. The molecule has 3 rings (SSSR count). The van der Waals surface area contributed by atoms with E-state index in [4.69, 9.17) is 21.7 Å². The molecule has 1 fully saturated rings. The van der Waals surface area contributed by atoms with Crippen LogP contribution in [0.4, 0.5) is 5.69 Å². The highest BCUT2D eigenvalue weighted by atomic mass is 32.1. The Labute approximate surface area is 183 Å². The van der Waals surface area contributed by atoms with Gasteiger partial charge in [-0.3, -0.25) is 4.90 Å². The molecular formula is C23H29N3O3S. The van der Waals surface area contributed by atoms with E-state index in [1.54, 1.807) is 26.2 Å². The SMILES string of the molecule is CCOC(=O)c1ccc(NC(=S)NCC(c2ccccc2OC)N2CCCC2)cc1. The van der Waals surface area contributed by atoms with Gasteiger partial charge in [0.25, 0.3) is 0 Å². The summed E-state index contributed by atoms with van der Waals surface area (Å²) in [5.74, 6) is 0.569. The van der Waals surface area contributed by atoms with Crippen molar-refractivity contribution in [1.29, 1.82) is 0 Å². The van der Waals surface area contributed by atoms with Crippen LogP contribution in [0.15, 0.2) is 48.5 Å². The third kappa shape index (κ3) is 5.70. The van der Waals surface area contributed by atoms with Crippen molar-refractivity contribution in [2.24, 2.45) is 0 Å². The summed E-state index contributed by atoms with van der Waals surface area (Å²) in [5.41, 5.74) is 2.50. The second-order valence-corrected chi connectivity index (χ2v) is 7.54. The fourth-order valence-electron chi connectivity index (χ4n) is 3.70. The Hall–Kier alpha value is -2.64. The van der Waals surface area contributed by atoms with Gasteiger partial charge in [-0.05, 0) is 75.4 Å². The molecule has 1 atom stereocenters. The van der Waals surface area contributed by atoms with Crippen LogP contribution in [0.1, 0.15) is 41.7 Å². The number of hydrogen-bond donors (Lipinski definition) is 2. The minimum atomic E-state index is -0.324. The van der Waals surface area contributed by atoms with Crippen LogP contribution >= 0.6 is 12.2 Å². The fourth-order valence-corrected chi connectivity index (χ4v) is 3.90. The van der Waals surface area contributed by atoms with Gasteiger partial charge in [0.1, 0.15) is 5.75 Å². The molecule has 0 aromatic heterocycles. The minimum Gasteiger partial charge on any atom is -0.496 e. The molecule has 7 heteroatoms. The molecule has 1 aliphatic rings. The number of likely N-dealkylation sites (tertiary alicyclic amines) is 1. The number of thiocarbonyl (C=S) groups is 1. The Morgan fingerprint density at radius 3 is 2.50 bits per heavy atom. The van der Waals surface area contributed by atoms with E-state index >= 15 is 0 Å². The summed E-state index contributed by atoms with van der Waals surface area (Å²) >= 11 is 5.50. The zero-order valence-corrected chi connectivity index (χ0v) is 18.3. The molecule has 2 N–H and O–H groups in total. The molecule has 0 bridgehead atoms. The number of benzene rings is 2. The minimum absolute atomic E-state index is 0.176. The Morgan fingerprint density at radius 2 is 1.83 bits per heavy atom. The Bertz CT molecular complexity index is 851. The van der Waals surface area contributed by atoms with Gasteiger partial charge < -0.3 is 20.1 Å². The van der Waals surface area contributed by atoms with Crippen LogP contribution in [0.5, 0.6) is 5.75 Å². The van der Waals surface area contributed by atoms with Crippen molar-refractivity contribution in [2.45, 2.75) is 25.8 Å². The first-order chi connectivity index (χ1) is 14.6. The van der Waals surface area contributed by atoms with Gasteiger partial charge in [0, 0.05) is 17.8 Å². The Kier molecular flexibility index (Phi) is 8.04. The van der Waals surface area contributed by atoms with Crippen molar-refractivity contribution in [3.05, 3.63) is 59.7 Å². The average Bonchev–Trinajstić information content (AvgIpc) is 3.29. The van der Waals surface area contributed by atoms with E-state index in [1.807, 2.05) is 30.3 Å². The van der Waals surface area contributed by atoms with E-state index < -0.39 is 0 Å². The van der Waals surface area contributed by atoms with Crippen LogP contribution in [-0.4, -0.2) is 49.3 Å². The number of hydrogen-bond acceptors (Lipinski definition) is 5. The summed E-state index contributed by atoms with van der Waals surface area (Å²) in [4.78, 5) is 14.2. The topological polar surface area (TPSA) is 62.8 Å². The normalized spacial score (nSPS) is 14.7. The van der Waals surface area contributed by atoms with Crippen LogP contribution in [0, 0.1) is 0 Å². The molecular weight excluding hydrogens is 398 g/mol. The number of carbonyl (C=O) groups is 1. The van der Waals surface area contributed by atoms with E-state index in [-0.39, 0.29) is 12.0 Å². The van der Waals surface area contributed by atoms with Crippen molar-refractivity contribution in [3.63, 3.8) is 0 Å². The molecule has 1 saturated heterocycles. The van der Waals surface area contributed by atoms with Crippen LogP contribution in [0.3, 0.4) is 0 Å². The number of rotatable bonds is 8. The first kappa shape index (κ1) is 22.1. The summed E-state index contributed by atoms with van der Waals surface area (Å²) in [6.07, 6.45) is 2.42. The summed E-state index contributed by atoms with van der Waals surface area (Å²) < 4.78 is 10.6. The predicted molar refractivity (Wildman–Crippen MR) is 123 cm³/mol. The maximum Gasteiger partial charge on any atom is 0.338 e. The van der Waals surface area contributed by atoms with E-state index in [9.17, 15) is 4.79 Å². The van der Waals surface area contributed by atoms with E-state index in [1.165, 1.54) is 12.8 Å². The first-order valence-corrected chi connectivity index (χ1v) is 10.7. The van der Waals surface area contributed by atoms with Crippen molar-refractivity contribution < 1.29 is 14.3 Å². The lowest BCUT2D eigenvalue weighted by Gasteiger charge is -2.29. The van der Waals surface area contributed by atoms with Gasteiger partial charge in [0.05, 0.1) is 25.3 Å². The smallest absolute Gasteiger partial charge is 0.338 e. The lowest BCUT2D eigenvalue weighted by Crippen LogP contribution is -2.38. The van der Waals surface area contributed by atoms with E-state index in [0.29, 0.717) is 23.8 Å². The molecule has 1 heterocycles. The zero-order chi connectivity index (χ0) is 21.3. The largest absolute Gasteiger partial charge is 0.496 e. The number of anilines is 1. The zero-order valence-electron chi connectivity index (χ0n) is 17.5. The third-order valence-corrected chi connectivity index (χ3v) is 5.44. The van der Waals surface area contributed by atoms with Crippen molar-refractivity contribution >= 4 is 29.0 Å². The Balaban J connectivity index is 1.62. The number of para-hydroxylation sites is 1. The molecule has 2 aromatic carbocycles. The van der Waals surface area contributed by atoms with Gasteiger partial charge in [0.2, 0.25) is 0 Å². The highest BCUT2D eigenvalue weighted by molar-refractivity contribution is 7.80. The molecule has 0 aliphatic carbocycles. The van der Waals surface area contributed by atoms with Crippen LogP contribution in [-0.2, 0) is 4.74 Å². The maximum absolute atomic E-state index is 11.8. The second-order valence-electron chi connectivity index (χ2n) is 7.13. The van der Waals surface area contributed by atoms with Crippen molar-refractivity contribution in [2.75, 3.05) is 38.7 Å². The average molecular weight is 428 g/mol. The molecule has 0 saturated carbocycles. The van der Waals surface area contributed by atoms with Crippen molar-refractivity contribution in [1.82, 2.24) is 10.2 Å². The summed E-state index contributed by atoms with van der Waals surface area (Å²) in [7, 11) is 1.71. The first-order valence-electron chi connectivity index (χ1n) is 10.3. The second kappa shape index (κ2) is 10.9. The highest BCUT2D eigenvalue weighted by Gasteiger charge is 2.25. The van der Waals surface area contributed by atoms with Crippen molar-refractivity contribution in [3.8, 4) is 5.75 Å². The van der Waals surface area contributed by atoms with E-state index in [0.717, 1.165) is 30.1 Å². The number of methoxy groups -OCH3 is 1. The molecule has 6 nitrogen and oxygen atoms in total. The van der Waals surface area contributed by atoms with Gasteiger partial charge in [-0.1, -0.05) is 18.2 Å². The number of carbonyl (C=O) groups excluding carboxylic acids is 1. The van der Waals surface area contributed by atoms with Crippen LogP contribution in [0.2, 0.25) is 0 Å². The van der Waals surface area contributed by atoms with Crippen LogP contribution in [0.25, 0.3) is 0 Å². The number of nitrogens with one attached hydrogen (secondary N) is 2. The number of esters is 1. The molecule has 30 heavy (non-hydrogen) atoms. The fraction of sp³-hybridized carbons (Fsp3) is 0.391. The van der Waals surface area contributed by atoms with Gasteiger partial charge >= 0.3 is 5.97 Å². The van der Waals surface area contributed by atoms with Gasteiger partial charge in [-0.2, -0.15) is 0 Å². The summed E-state index contributed by atoms with van der Waals surface area (Å²) in [6, 6.07) is 15.4. The third-order valence-electron chi connectivity index (χ3n) is 5.19. The molecule has 1 unspecified atom stereocenters. The number of nitrogens with zero attached hydrogens (tertiary/aromatic N) is 1. The Morgan fingerprint density at radius 1 is 1.13 bits per heavy atom. The number of ether oxygens (including phenoxy) is 2. The molecule has 0 amide bonds. The van der Waals surface area contributed by atoms with Gasteiger partial charge in [-0.25, -0.2) is 4.79 Å². The predicted octanol–water partition coefficient (Wildman–Crippen LogP) is 4.00. The lowest BCUT2D eigenvalue weighted by atomic mass is 10.0. The van der Waals surface area contributed by atoms with Gasteiger partial charge in [0.15, 0.2) is 5.11 Å². The monoisotopic (exact) mass is 427 g/mol. The molecule has 0 radical (unpaired) electrons.